The summed E-state index contributed by atoms with van der Waals surface area (Å²) in [7, 11) is 0. The van der Waals surface area contributed by atoms with Gasteiger partial charge >= 0.3 is 0 Å². The summed E-state index contributed by atoms with van der Waals surface area (Å²) in [4.78, 5) is 15.2. The minimum absolute atomic E-state index is 0.0362. The summed E-state index contributed by atoms with van der Waals surface area (Å²) in [5, 5.41) is 4.17. The normalized spacial score (nSPS) is 17.0. The fourth-order valence-corrected chi connectivity index (χ4v) is 3.12. The molecule has 0 aliphatic carbocycles. The summed E-state index contributed by atoms with van der Waals surface area (Å²) in [6.07, 6.45) is 6.11. The van der Waals surface area contributed by atoms with Gasteiger partial charge in [-0.3, -0.25) is 0 Å². The molecular formula is C17H17FN6. The quantitative estimate of drug-likeness (QED) is 0.678. The molecule has 6 nitrogen and oxygen atoms in total. The Morgan fingerprint density at radius 3 is 2.88 bits per heavy atom. The molecule has 0 fully saturated rings. The standard InChI is InChI=1S/C17H17FN6/c1-11-8-15(18)22-16(9-11)23-7-4-14-13(12(23)2)10-19-17(21-14)24-6-3-5-20-24/h3,5-6,8-10,12H,4,7H2,1-2H3. The molecule has 0 spiro atoms. The number of rotatable bonds is 2. The van der Waals surface area contributed by atoms with Crippen molar-refractivity contribution in [3.05, 3.63) is 59.6 Å². The highest BCUT2D eigenvalue weighted by molar-refractivity contribution is 5.47. The zero-order chi connectivity index (χ0) is 16.7. The van der Waals surface area contributed by atoms with Gasteiger partial charge < -0.3 is 4.90 Å². The molecular weight excluding hydrogens is 307 g/mol. The van der Waals surface area contributed by atoms with Crippen molar-refractivity contribution in [2.24, 2.45) is 0 Å². The first kappa shape index (κ1) is 14.7. The third kappa shape index (κ3) is 2.51. The molecule has 7 heteroatoms. The highest BCUT2D eigenvalue weighted by Gasteiger charge is 2.27. The van der Waals surface area contributed by atoms with E-state index in [0.717, 1.165) is 29.8 Å². The van der Waals surface area contributed by atoms with E-state index in [0.29, 0.717) is 11.8 Å². The Morgan fingerprint density at radius 2 is 2.12 bits per heavy atom. The van der Waals surface area contributed by atoms with E-state index >= 15 is 0 Å². The summed E-state index contributed by atoms with van der Waals surface area (Å²) in [5.41, 5.74) is 2.91. The molecule has 0 radical (unpaired) electrons. The van der Waals surface area contributed by atoms with Crippen molar-refractivity contribution in [2.75, 3.05) is 11.4 Å². The molecule has 3 aromatic heterocycles. The Balaban J connectivity index is 1.69. The van der Waals surface area contributed by atoms with Crippen LogP contribution in [0.1, 0.15) is 29.8 Å². The lowest BCUT2D eigenvalue weighted by atomic mass is 9.99. The van der Waals surface area contributed by atoms with Crippen molar-refractivity contribution in [3.63, 3.8) is 0 Å². The molecule has 0 saturated heterocycles. The lowest BCUT2D eigenvalue weighted by Crippen LogP contribution is -2.35. The van der Waals surface area contributed by atoms with E-state index in [1.54, 1.807) is 10.9 Å². The number of aryl methyl sites for hydroxylation is 1. The minimum atomic E-state index is -0.451. The highest BCUT2D eigenvalue weighted by atomic mass is 19.1. The minimum Gasteiger partial charge on any atom is -0.349 e. The van der Waals surface area contributed by atoms with E-state index in [2.05, 4.69) is 31.9 Å². The Kier molecular flexibility index (Phi) is 3.48. The molecule has 24 heavy (non-hydrogen) atoms. The SMILES string of the molecule is Cc1cc(F)nc(N2CCc3nc(-n4cccn4)ncc3C2C)c1. The summed E-state index contributed by atoms with van der Waals surface area (Å²) in [6.45, 7) is 4.67. The van der Waals surface area contributed by atoms with E-state index in [1.165, 1.54) is 6.07 Å². The second-order valence-electron chi connectivity index (χ2n) is 5.97. The van der Waals surface area contributed by atoms with Crippen molar-refractivity contribution in [3.8, 4) is 5.95 Å². The van der Waals surface area contributed by atoms with E-state index in [-0.39, 0.29) is 6.04 Å². The van der Waals surface area contributed by atoms with Crippen LogP contribution < -0.4 is 4.90 Å². The average Bonchev–Trinajstić information content (AvgIpc) is 3.08. The summed E-state index contributed by atoms with van der Waals surface area (Å²) < 4.78 is 15.3. The number of hydrogen-bond donors (Lipinski definition) is 0. The van der Waals surface area contributed by atoms with Crippen LogP contribution in [-0.2, 0) is 6.42 Å². The second-order valence-corrected chi connectivity index (χ2v) is 5.97. The van der Waals surface area contributed by atoms with Gasteiger partial charge in [-0.2, -0.15) is 9.49 Å². The van der Waals surface area contributed by atoms with Gasteiger partial charge in [0.25, 0.3) is 5.95 Å². The van der Waals surface area contributed by atoms with Crippen LogP contribution in [0.5, 0.6) is 0 Å². The maximum Gasteiger partial charge on any atom is 0.250 e. The molecule has 1 atom stereocenters. The van der Waals surface area contributed by atoms with Gasteiger partial charge in [0.15, 0.2) is 0 Å². The maximum absolute atomic E-state index is 13.6. The van der Waals surface area contributed by atoms with Crippen LogP contribution in [0.2, 0.25) is 0 Å². The number of hydrogen-bond acceptors (Lipinski definition) is 5. The number of fused-ring (bicyclic) bond motifs is 1. The topological polar surface area (TPSA) is 59.7 Å². The van der Waals surface area contributed by atoms with Crippen LogP contribution in [0.25, 0.3) is 5.95 Å². The van der Waals surface area contributed by atoms with E-state index in [9.17, 15) is 4.39 Å². The molecule has 0 bridgehead atoms. The Bertz CT molecular complexity index is 857. The van der Waals surface area contributed by atoms with Gasteiger partial charge in [0, 0.05) is 37.1 Å². The lowest BCUT2D eigenvalue weighted by molar-refractivity contribution is 0.560. The van der Waals surface area contributed by atoms with Crippen molar-refractivity contribution in [1.29, 1.82) is 0 Å². The molecule has 1 aliphatic heterocycles. The third-order valence-electron chi connectivity index (χ3n) is 4.32. The van der Waals surface area contributed by atoms with Gasteiger partial charge in [0.1, 0.15) is 5.82 Å². The molecule has 4 rings (SSSR count). The number of nitrogens with zero attached hydrogens (tertiary/aromatic N) is 6. The van der Waals surface area contributed by atoms with Gasteiger partial charge in [0.05, 0.1) is 11.7 Å². The first-order valence-corrected chi connectivity index (χ1v) is 7.88. The molecule has 0 amide bonds. The smallest absolute Gasteiger partial charge is 0.250 e. The highest BCUT2D eigenvalue weighted by Crippen LogP contribution is 2.32. The molecule has 1 aliphatic rings. The van der Waals surface area contributed by atoms with Crippen molar-refractivity contribution < 1.29 is 4.39 Å². The summed E-state index contributed by atoms with van der Waals surface area (Å²) in [6, 6.07) is 5.22. The van der Waals surface area contributed by atoms with Crippen molar-refractivity contribution in [1.82, 2.24) is 24.7 Å². The zero-order valence-corrected chi connectivity index (χ0v) is 13.5. The Hall–Kier alpha value is -2.83. The van der Waals surface area contributed by atoms with Crippen molar-refractivity contribution in [2.45, 2.75) is 26.3 Å². The Morgan fingerprint density at radius 1 is 1.25 bits per heavy atom. The Labute approximate surface area is 139 Å². The molecule has 1 unspecified atom stereocenters. The fourth-order valence-electron chi connectivity index (χ4n) is 3.12. The van der Waals surface area contributed by atoms with Crippen LogP contribution in [0.3, 0.4) is 0 Å². The van der Waals surface area contributed by atoms with Gasteiger partial charge in [0.2, 0.25) is 5.95 Å². The summed E-state index contributed by atoms with van der Waals surface area (Å²) >= 11 is 0. The second kappa shape index (κ2) is 5.67. The number of aromatic nitrogens is 5. The van der Waals surface area contributed by atoms with Gasteiger partial charge in [-0.15, -0.1) is 0 Å². The van der Waals surface area contributed by atoms with Gasteiger partial charge in [-0.05, 0) is 37.6 Å². The average molecular weight is 324 g/mol. The molecule has 0 saturated carbocycles. The number of pyridine rings is 1. The third-order valence-corrected chi connectivity index (χ3v) is 4.32. The predicted octanol–water partition coefficient (Wildman–Crippen LogP) is 2.63. The number of anilines is 1. The molecule has 0 aromatic carbocycles. The van der Waals surface area contributed by atoms with Gasteiger partial charge in [-0.1, -0.05) is 0 Å². The number of halogens is 1. The molecule has 122 valence electrons. The first-order chi connectivity index (χ1) is 11.6. The monoisotopic (exact) mass is 324 g/mol. The predicted molar refractivity (Wildman–Crippen MR) is 87.6 cm³/mol. The van der Waals surface area contributed by atoms with Gasteiger partial charge in [-0.25, -0.2) is 19.6 Å². The van der Waals surface area contributed by atoms with Crippen LogP contribution in [-0.4, -0.2) is 31.3 Å². The van der Waals surface area contributed by atoms with Crippen molar-refractivity contribution >= 4 is 5.82 Å². The molecule has 4 heterocycles. The van der Waals surface area contributed by atoms with Crippen LogP contribution in [0.15, 0.2) is 36.8 Å². The fraction of sp³-hybridized carbons (Fsp3) is 0.294. The summed E-state index contributed by atoms with van der Waals surface area (Å²) in [5.74, 6) is 0.772. The van der Waals surface area contributed by atoms with E-state index in [4.69, 9.17) is 0 Å². The van der Waals surface area contributed by atoms with Crippen LogP contribution >= 0.6 is 0 Å². The van der Waals surface area contributed by atoms with E-state index in [1.807, 2.05) is 31.5 Å². The van der Waals surface area contributed by atoms with Crippen LogP contribution in [0.4, 0.5) is 10.2 Å². The zero-order valence-electron chi connectivity index (χ0n) is 13.5. The maximum atomic E-state index is 13.6. The van der Waals surface area contributed by atoms with Crippen LogP contribution in [0, 0.1) is 12.9 Å². The lowest BCUT2D eigenvalue weighted by Gasteiger charge is -2.35. The van der Waals surface area contributed by atoms with E-state index < -0.39 is 5.95 Å². The molecule has 0 N–H and O–H groups in total. The first-order valence-electron chi connectivity index (χ1n) is 7.88. The largest absolute Gasteiger partial charge is 0.349 e. The molecule has 3 aromatic rings.